The van der Waals surface area contributed by atoms with Crippen molar-refractivity contribution in [3.05, 3.63) is 99.3 Å². The average Bonchev–Trinajstić information content (AvgIpc) is 3.28. The summed E-state index contributed by atoms with van der Waals surface area (Å²) in [6.45, 7) is 33.5. The fourth-order valence-electron chi connectivity index (χ4n) is 5.01. The van der Waals surface area contributed by atoms with Gasteiger partial charge in [-0.2, -0.15) is 0 Å². The average molecular weight is 553 g/mol. The van der Waals surface area contributed by atoms with E-state index < -0.39 is 5.41 Å². The summed E-state index contributed by atoms with van der Waals surface area (Å²) in [5.41, 5.74) is 4.83. The van der Waals surface area contributed by atoms with Gasteiger partial charge in [0.1, 0.15) is 0 Å². The number of carbonyl (C=O) groups excluding carboxylic acids is 3. The van der Waals surface area contributed by atoms with E-state index in [2.05, 4.69) is 49.5 Å². The lowest BCUT2D eigenvalue weighted by Crippen LogP contribution is -2.21. The number of benzene rings is 2. The predicted octanol–water partition coefficient (Wildman–Crippen LogP) is 8.68. The molecule has 0 saturated heterocycles. The maximum absolute atomic E-state index is 12.5. The highest BCUT2D eigenvalue weighted by atomic mass is 16.1. The van der Waals surface area contributed by atoms with E-state index in [-0.39, 0.29) is 40.1 Å². The molecule has 0 unspecified atom stereocenters. The van der Waals surface area contributed by atoms with Crippen molar-refractivity contribution in [3.63, 3.8) is 0 Å². The molecule has 0 amide bonds. The largest absolute Gasteiger partial charge is 0.309 e. The van der Waals surface area contributed by atoms with Gasteiger partial charge in [0.15, 0.2) is 11.6 Å². The van der Waals surface area contributed by atoms with Gasteiger partial charge in [0.2, 0.25) is 11.5 Å². The number of rotatable bonds is 2. The lowest BCUT2D eigenvalue weighted by atomic mass is 9.85. The third-order valence-electron chi connectivity index (χ3n) is 7.51. The topological polar surface area (TPSA) is 59.9 Å². The van der Waals surface area contributed by atoms with Crippen LogP contribution in [0.15, 0.2) is 54.2 Å². The van der Waals surface area contributed by atoms with Gasteiger partial charge in [0, 0.05) is 22.8 Å². The smallest absolute Gasteiger partial charge is 0.272 e. The number of ketones is 3. The zero-order valence-electron chi connectivity index (χ0n) is 26.4. The Bertz CT molecular complexity index is 1450. The van der Waals surface area contributed by atoms with Crippen LogP contribution < -0.4 is 0 Å². The van der Waals surface area contributed by atoms with E-state index in [1.54, 1.807) is 0 Å². The van der Waals surface area contributed by atoms with Gasteiger partial charge in [-0.3, -0.25) is 9.59 Å². The SMILES string of the molecule is CC1(C)CC(=O)c2ccccc21.[C-]#[N+]/C(C(=O)C(C)(C)C)=C1/CC(C)(C)c2ccccc21.[C-]#[N+]CC(=O)C(C)(C)C. The molecule has 2 aromatic rings. The number of hydrogen-bond acceptors (Lipinski definition) is 3. The second-order valence-corrected chi connectivity index (χ2v) is 14.1. The van der Waals surface area contributed by atoms with Crippen LogP contribution >= 0.6 is 0 Å². The number of nitrogens with zero attached hydrogens (tertiary/aromatic N) is 2. The number of hydrogen-bond donors (Lipinski definition) is 0. The van der Waals surface area contributed by atoms with Crippen LogP contribution in [0, 0.1) is 24.0 Å². The molecule has 0 N–H and O–H groups in total. The van der Waals surface area contributed by atoms with Crippen molar-refractivity contribution in [2.75, 3.05) is 6.54 Å². The molecule has 0 fully saturated rings. The summed E-state index contributed by atoms with van der Waals surface area (Å²) in [7, 11) is 0. The van der Waals surface area contributed by atoms with Crippen LogP contribution in [0.4, 0.5) is 0 Å². The Hall–Kier alpha value is -3.83. The van der Waals surface area contributed by atoms with E-state index >= 15 is 0 Å². The first-order chi connectivity index (χ1) is 18.8. The fourth-order valence-corrected chi connectivity index (χ4v) is 5.01. The third kappa shape index (κ3) is 7.89. The molecule has 0 aliphatic heterocycles. The lowest BCUT2D eigenvalue weighted by Gasteiger charge is -2.19. The zero-order valence-corrected chi connectivity index (χ0v) is 26.4. The summed E-state index contributed by atoms with van der Waals surface area (Å²) in [6.07, 6.45) is 1.41. The molecule has 216 valence electrons. The van der Waals surface area contributed by atoms with Gasteiger partial charge < -0.3 is 9.64 Å². The quantitative estimate of drug-likeness (QED) is 0.277. The fraction of sp³-hybridized carbons (Fsp3) is 0.472. The first-order valence-corrected chi connectivity index (χ1v) is 14.0. The molecule has 0 saturated carbocycles. The van der Waals surface area contributed by atoms with Gasteiger partial charge >= 0.3 is 0 Å². The zero-order chi connectivity index (χ0) is 31.4. The summed E-state index contributed by atoms with van der Waals surface area (Å²) in [5, 5.41) is 0. The van der Waals surface area contributed by atoms with Gasteiger partial charge in [-0.05, 0) is 39.5 Å². The van der Waals surface area contributed by atoms with Crippen molar-refractivity contribution in [1.82, 2.24) is 0 Å². The van der Waals surface area contributed by atoms with Crippen LogP contribution in [0.25, 0.3) is 15.3 Å². The Kier molecular flexibility index (Phi) is 10.1. The molecule has 0 radical (unpaired) electrons. The molecule has 2 aliphatic carbocycles. The summed E-state index contributed by atoms with van der Waals surface area (Å²) < 4.78 is 0. The van der Waals surface area contributed by atoms with E-state index in [1.165, 1.54) is 11.1 Å². The minimum absolute atomic E-state index is 0.0116. The van der Waals surface area contributed by atoms with Crippen LogP contribution in [0.5, 0.6) is 0 Å². The first-order valence-electron chi connectivity index (χ1n) is 14.0. The summed E-state index contributed by atoms with van der Waals surface area (Å²) in [4.78, 5) is 41.4. The highest BCUT2D eigenvalue weighted by Gasteiger charge is 2.38. The molecule has 5 heteroatoms. The Balaban J connectivity index is 0.000000238. The van der Waals surface area contributed by atoms with Crippen molar-refractivity contribution < 1.29 is 14.4 Å². The number of fused-ring (bicyclic) bond motifs is 2. The minimum atomic E-state index is -0.519. The second kappa shape index (κ2) is 12.4. The van der Waals surface area contributed by atoms with Crippen molar-refractivity contribution in [2.45, 2.75) is 92.9 Å². The van der Waals surface area contributed by atoms with Gasteiger partial charge in [-0.25, -0.2) is 11.4 Å². The normalized spacial score (nSPS) is 17.3. The Labute approximate surface area is 246 Å². The van der Waals surface area contributed by atoms with Gasteiger partial charge in [-0.15, -0.1) is 0 Å². The molecule has 0 bridgehead atoms. The van der Waals surface area contributed by atoms with Gasteiger partial charge in [-0.1, -0.05) is 118 Å². The molecule has 0 atom stereocenters. The molecule has 2 aromatic carbocycles. The number of Topliss-reactive ketones (excluding diaryl/α,β-unsaturated/α-hetero) is 3. The van der Waals surface area contributed by atoms with Crippen molar-refractivity contribution in [3.8, 4) is 0 Å². The van der Waals surface area contributed by atoms with E-state index in [1.807, 2.05) is 77.9 Å². The molecule has 4 rings (SSSR count). The Morgan fingerprint density at radius 3 is 1.63 bits per heavy atom. The maximum atomic E-state index is 12.5. The van der Waals surface area contributed by atoms with Gasteiger partial charge in [0.25, 0.3) is 6.54 Å². The van der Waals surface area contributed by atoms with Crippen molar-refractivity contribution in [2.24, 2.45) is 10.8 Å². The van der Waals surface area contributed by atoms with E-state index in [4.69, 9.17) is 13.1 Å². The molecule has 0 aromatic heterocycles. The number of carbonyl (C=O) groups is 3. The molecule has 5 nitrogen and oxygen atoms in total. The Morgan fingerprint density at radius 2 is 1.22 bits per heavy atom. The van der Waals surface area contributed by atoms with Crippen LogP contribution in [0.1, 0.15) is 109 Å². The summed E-state index contributed by atoms with van der Waals surface area (Å²) in [6, 6.07) is 16.0. The second-order valence-electron chi connectivity index (χ2n) is 14.1. The predicted molar refractivity (Wildman–Crippen MR) is 166 cm³/mol. The molecular formula is C36H44N2O3. The van der Waals surface area contributed by atoms with E-state index in [0.29, 0.717) is 12.1 Å². The minimum Gasteiger partial charge on any atom is -0.309 e. The first kappa shape index (κ1) is 33.4. The highest BCUT2D eigenvalue weighted by Crippen LogP contribution is 2.47. The van der Waals surface area contributed by atoms with Crippen LogP contribution in [-0.4, -0.2) is 23.9 Å². The van der Waals surface area contributed by atoms with Gasteiger partial charge in [0.05, 0.1) is 6.57 Å². The standard InChI is InChI=1S/C18H21NO.C11H12O.C7H11NO/c1-17(2,3)16(20)15(19-6)13-11-18(4,5)14-10-8-7-9-12(13)14;1-11(2)7-10(12)8-5-3-4-6-9(8)11;1-7(2,3)6(9)5-8-4/h7-10H,11H2,1-5H3;3-6H,7H2,1-2H3;5H2,1-3H3/b15-13-;;. The van der Waals surface area contributed by atoms with Crippen LogP contribution in [0.2, 0.25) is 0 Å². The lowest BCUT2D eigenvalue weighted by molar-refractivity contribution is -0.124. The van der Waals surface area contributed by atoms with Crippen LogP contribution in [-0.2, 0) is 20.4 Å². The third-order valence-corrected chi connectivity index (χ3v) is 7.51. The number of allylic oxidation sites excluding steroid dienone is 2. The molecule has 0 heterocycles. The monoisotopic (exact) mass is 552 g/mol. The van der Waals surface area contributed by atoms with Crippen molar-refractivity contribution >= 4 is 22.9 Å². The Morgan fingerprint density at radius 1 is 0.756 bits per heavy atom. The maximum Gasteiger partial charge on any atom is 0.272 e. The molecule has 0 spiro atoms. The highest BCUT2D eigenvalue weighted by molar-refractivity contribution is 6.08. The van der Waals surface area contributed by atoms with Crippen molar-refractivity contribution in [1.29, 1.82) is 0 Å². The molecule has 41 heavy (non-hydrogen) atoms. The van der Waals surface area contributed by atoms with E-state index in [0.717, 1.165) is 23.1 Å². The van der Waals surface area contributed by atoms with E-state index in [9.17, 15) is 14.4 Å². The summed E-state index contributed by atoms with van der Waals surface area (Å²) >= 11 is 0. The van der Waals surface area contributed by atoms with Crippen LogP contribution in [0.3, 0.4) is 0 Å². The molecular weight excluding hydrogens is 508 g/mol. The molecule has 2 aliphatic rings. The summed E-state index contributed by atoms with van der Waals surface area (Å²) in [5.74, 6) is 0.239.